The van der Waals surface area contributed by atoms with Crippen molar-refractivity contribution >= 4 is 11.4 Å². The zero-order chi connectivity index (χ0) is 31.0. The van der Waals surface area contributed by atoms with Crippen molar-refractivity contribution in [2.75, 3.05) is 11.5 Å². The van der Waals surface area contributed by atoms with Gasteiger partial charge in [0.1, 0.15) is 0 Å². The van der Waals surface area contributed by atoms with Crippen molar-refractivity contribution in [2.45, 2.75) is 117 Å². The molecule has 0 saturated heterocycles. The largest absolute Gasteiger partial charge is 0.399 e. The van der Waals surface area contributed by atoms with E-state index in [0.717, 1.165) is 37.1 Å². The molecule has 4 rings (SSSR count). The lowest BCUT2D eigenvalue weighted by atomic mass is 9.94. The lowest BCUT2D eigenvalue weighted by Gasteiger charge is -2.12. The van der Waals surface area contributed by atoms with E-state index in [1.54, 1.807) is 0 Å². The van der Waals surface area contributed by atoms with Crippen molar-refractivity contribution in [3.05, 3.63) is 129 Å². The average molecular weight is 589 g/mol. The minimum atomic E-state index is 0.880. The molecule has 0 unspecified atom stereocenters. The second-order valence-corrected chi connectivity index (χ2v) is 12.9. The highest BCUT2D eigenvalue weighted by Gasteiger charge is 2.07. The summed E-state index contributed by atoms with van der Waals surface area (Å²) in [5.41, 5.74) is 25.3. The monoisotopic (exact) mass is 588 g/mol. The van der Waals surface area contributed by atoms with Crippen molar-refractivity contribution in [3.63, 3.8) is 0 Å². The highest BCUT2D eigenvalue weighted by molar-refractivity contribution is 5.47. The van der Waals surface area contributed by atoms with E-state index in [9.17, 15) is 0 Å². The van der Waals surface area contributed by atoms with Gasteiger partial charge < -0.3 is 11.5 Å². The Hall–Kier alpha value is -3.52. The first-order valence-electron chi connectivity index (χ1n) is 17.4. The Kier molecular flexibility index (Phi) is 13.9. The Balaban J connectivity index is 1.15. The van der Waals surface area contributed by atoms with Crippen LogP contribution >= 0.6 is 0 Å². The quantitative estimate of drug-likeness (QED) is 0.0845. The van der Waals surface area contributed by atoms with Gasteiger partial charge in [-0.1, -0.05) is 113 Å². The number of rotatable bonds is 19. The molecular weight excluding hydrogens is 532 g/mol. The van der Waals surface area contributed by atoms with Crippen LogP contribution < -0.4 is 11.5 Å². The molecule has 4 aromatic rings. The summed E-state index contributed by atoms with van der Waals surface area (Å²) in [6.07, 6.45) is 19.2. The molecule has 0 aliphatic heterocycles. The van der Waals surface area contributed by atoms with Crippen LogP contribution in [-0.4, -0.2) is 0 Å². The van der Waals surface area contributed by atoms with E-state index in [0.29, 0.717) is 0 Å². The number of anilines is 2. The van der Waals surface area contributed by atoms with Crippen molar-refractivity contribution < 1.29 is 0 Å². The average Bonchev–Trinajstić information content (AvgIpc) is 3.03. The fourth-order valence-corrected chi connectivity index (χ4v) is 6.33. The molecule has 4 N–H and O–H groups in total. The summed E-state index contributed by atoms with van der Waals surface area (Å²) < 4.78 is 0. The summed E-state index contributed by atoms with van der Waals surface area (Å²) in [7, 11) is 0. The number of hydrogen-bond acceptors (Lipinski definition) is 2. The Morgan fingerprint density at radius 1 is 0.364 bits per heavy atom. The molecule has 2 heteroatoms. The predicted octanol–water partition coefficient (Wildman–Crippen LogP) is 10.8. The fraction of sp³-hybridized carbons (Fsp3) is 0.429. The molecule has 0 bridgehead atoms. The summed E-state index contributed by atoms with van der Waals surface area (Å²) in [4.78, 5) is 0. The number of hydrogen-bond donors (Lipinski definition) is 2. The van der Waals surface area contributed by atoms with E-state index in [4.69, 9.17) is 11.5 Å². The Morgan fingerprint density at radius 3 is 1.11 bits per heavy atom. The molecule has 0 heterocycles. The standard InChI is InChI=1S/C42H56N2/c1-3-5-9-15-37-31-41(43)27-25-39(37)29-35-21-17-33(18-22-35)13-11-7-8-12-14-34-19-23-36(24-20-34)30-40-26-28-42(44)32-38(40)16-10-6-4-2/h17-28,31-32H,3-16,29-30,43-44H2,1-2H3. The highest BCUT2D eigenvalue weighted by atomic mass is 14.5. The van der Waals surface area contributed by atoms with Gasteiger partial charge in [0, 0.05) is 11.4 Å². The van der Waals surface area contributed by atoms with Gasteiger partial charge in [-0.05, 0) is 133 Å². The van der Waals surface area contributed by atoms with E-state index in [-0.39, 0.29) is 0 Å². The Bertz CT molecular complexity index is 1280. The van der Waals surface area contributed by atoms with Crippen LogP contribution in [0.2, 0.25) is 0 Å². The SMILES string of the molecule is CCCCCc1cc(N)ccc1Cc1ccc(CCCCCCc2ccc(Cc3ccc(N)cc3CCCCC)cc2)cc1. The Morgan fingerprint density at radius 2 is 0.727 bits per heavy atom. The molecule has 0 saturated carbocycles. The molecule has 0 aromatic heterocycles. The maximum absolute atomic E-state index is 6.10. The second kappa shape index (κ2) is 18.3. The molecule has 4 aromatic carbocycles. The number of benzene rings is 4. The Labute approximate surface area is 268 Å². The summed E-state index contributed by atoms with van der Waals surface area (Å²) in [5, 5.41) is 0. The fourth-order valence-electron chi connectivity index (χ4n) is 6.33. The molecule has 0 radical (unpaired) electrons. The summed E-state index contributed by atoms with van der Waals surface area (Å²) >= 11 is 0. The number of nitrogen functional groups attached to an aromatic ring is 2. The number of unbranched alkanes of at least 4 members (excludes halogenated alkanes) is 7. The first kappa shape index (κ1) is 33.4. The predicted molar refractivity (Wildman–Crippen MR) is 193 cm³/mol. The van der Waals surface area contributed by atoms with Gasteiger partial charge in [-0.3, -0.25) is 0 Å². The molecule has 0 atom stereocenters. The van der Waals surface area contributed by atoms with Gasteiger partial charge in [0.15, 0.2) is 0 Å². The van der Waals surface area contributed by atoms with Crippen LogP contribution in [0, 0.1) is 0 Å². The molecular formula is C42H56N2. The van der Waals surface area contributed by atoms with E-state index in [1.165, 1.54) is 122 Å². The molecule has 44 heavy (non-hydrogen) atoms. The van der Waals surface area contributed by atoms with Gasteiger partial charge >= 0.3 is 0 Å². The van der Waals surface area contributed by atoms with Crippen molar-refractivity contribution in [2.24, 2.45) is 0 Å². The minimum Gasteiger partial charge on any atom is -0.399 e. The van der Waals surface area contributed by atoms with Gasteiger partial charge in [-0.2, -0.15) is 0 Å². The third-order valence-corrected chi connectivity index (χ3v) is 9.08. The maximum Gasteiger partial charge on any atom is 0.0316 e. The van der Waals surface area contributed by atoms with Crippen molar-refractivity contribution in [1.29, 1.82) is 0 Å². The van der Waals surface area contributed by atoms with Crippen LogP contribution in [0.5, 0.6) is 0 Å². The van der Waals surface area contributed by atoms with E-state index in [1.807, 2.05) is 0 Å². The molecule has 0 amide bonds. The van der Waals surface area contributed by atoms with Crippen LogP contribution in [0.4, 0.5) is 11.4 Å². The van der Waals surface area contributed by atoms with Crippen LogP contribution in [0.15, 0.2) is 84.9 Å². The van der Waals surface area contributed by atoms with Gasteiger partial charge in [0.2, 0.25) is 0 Å². The van der Waals surface area contributed by atoms with Crippen LogP contribution in [-0.2, 0) is 38.5 Å². The summed E-state index contributed by atoms with van der Waals surface area (Å²) in [6.45, 7) is 4.52. The van der Waals surface area contributed by atoms with Gasteiger partial charge in [-0.25, -0.2) is 0 Å². The lowest BCUT2D eigenvalue weighted by Crippen LogP contribution is -1.99. The van der Waals surface area contributed by atoms with Crippen molar-refractivity contribution in [3.8, 4) is 0 Å². The zero-order valence-corrected chi connectivity index (χ0v) is 27.6. The van der Waals surface area contributed by atoms with E-state index in [2.05, 4.69) is 98.8 Å². The zero-order valence-electron chi connectivity index (χ0n) is 27.6. The third-order valence-electron chi connectivity index (χ3n) is 9.08. The third kappa shape index (κ3) is 11.2. The topological polar surface area (TPSA) is 52.0 Å². The first-order valence-corrected chi connectivity index (χ1v) is 17.4. The van der Waals surface area contributed by atoms with Crippen LogP contribution in [0.3, 0.4) is 0 Å². The number of nitrogens with two attached hydrogens (primary N) is 2. The van der Waals surface area contributed by atoms with Crippen molar-refractivity contribution in [1.82, 2.24) is 0 Å². The van der Waals surface area contributed by atoms with E-state index < -0.39 is 0 Å². The molecule has 2 nitrogen and oxygen atoms in total. The molecule has 0 spiro atoms. The summed E-state index contributed by atoms with van der Waals surface area (Å²) in [6, 6.07) is 31.6. The second-order valence-electron chi connectivity index (χ2n) is 12.9. The summed E-state index contributed by atoms with van der Waals surface area (Å²) in [5.74, 6) is 0. The molecule has 0 fully saturated rings. The highest BCUT2D eigenvalue weighted by Crippen LogP contribution is 2.23. The number of aryl methyl sites for hydroxylation is 4. The van der Waals surface area contributed by atoms with Gasteiger partial charge in [0.05, 0.1) is 0 Å². The van der Waals surface area contributed by atoms with Gasteiger partial charge in [0.25, 0.3) is 0 Å². The maximum atomic E-state index is 6.10. The first-order chi connectivity index (χ1) is 21.5. The smallest absolute Gasteiger partial charge is 0.0316 e. The van der Waals surface area contributed by atoms with Crippen LogP contribution in [0.25, 0.3) is 0 Å². The molecule has 0 aliphatic rings. The van der Waals surface area contributed by atoms with Crippen LogP contribution in [0.1, 0.15) is 123 Å². The van der Waals surface area contributed by atoms with Gasteiger partial charge in [-0.15, -0.1) is 0 Å². The lowest BCUT2D eigenvalue weighted by molar-refractivity contribution is 0.640. The normalized spacial score (nSPS) is 11.2. The molecule has 234 valence electrons. The van der Waals surface area contributed by atoms with E-state index >= 15 is 0 Å². The molecule has 0 aliphatic carbocycles. The minimum absolute atomic E-state index is 0.880.